The van der Waals surface area contributed by atoms with Gasteiger partial charge in [-0.25, -0.2) is 0 Å². The summed E-state index contributed by atoms with van der Waals surface area (Å²) in [6.07, 6.45) is 1.79. The first kappa shape index (κ1) is 16.6. The molecule has 2 aromatic heterocycles. The molecule has 118 valence electrons. The summed E-state index contributed by atoms with van der Waals surface area (Å²) < 4.78 is 0.844. The minimum Gasteiger partial charge on any atom is -0.352 e. The molecule has 2 heterocycles. The van der Waals surface area contributed by atoms with Crippen molar-refractivity contribution in [3.05, 3.63) is 27.2 Å². The minimum absolute atomic E-state index is 0.169. The van der Waals surface area contributed by atoms with E-state index in [4.69, 9.17) is 11.6 Å². The van der Waals surface area contributed by atoms with Crippen molar-refractivity contribution in [2.45, 2.75) is 39.7 Å². The molecule has 0 fully saturated rings. The molecule has 22 heavy (non-hydrogen) atoms. The zero-order valence-corrected chi connectivity index (χ0v) is 14.3. The lowest BCUT2D eigenvalue weighted by Gasteiger charge is -2.14. The summed E-state index contributed by atoms with van der Waals surface area (Å²) in [5.41, 5.74) is 1.16. The number of aromatic nitrogens is 3. The normalized spacial score (nSPS) is 12.0. The van der Waals surface area contributed by atoms with E-state index in [9.17, 15) is 4.79 Å². The van der Waals surface area contributed by atoms with Crippen molar-refractivity contribution >= 4 is 40.7 Å². The van der Waals surface area contributed by atoms with Crippen molar-refractivity contribution in [3.63, 3.8) is 0 Å². The van der Waals surface area contributed by atoms with Crippen LogP contribution in [-0.2, 0) is 11.2 Å². The maximum absolute atomic E-state index is 11.1. The van der Waals surface area contributed by atoms with Crippen LogP contribution in [0.25, 0.3) is 0 Å². The van der Waals surface area contributed by atoms with E-state index >= 15 is 0 Å². The Balaban J connectivity index is 1.95. The highest BCUT2D eigenvalue weighted by molar-refractivity contribution is 7.14. The van der Waals surface area contributed by atoms with Crippen molar-refractivity contribution in [3.8, 4) is 0 Å². The number of hydrogen-bond donors (Lipinski definition) is 2. The Morgan fingerprint density at radius 2 is 2.09 bits per heavy atom. The average Bonchev–Trinajstić information content (AvgIpc) is 2.80. The van der Waals surface area contributed by atoms with Gasteiger partial charge in [-0.05, 0) is 43.7 Å². The van der Waals surface area contributed by atoms with Gasteiger partial charge in [0.15, 0.2) is 0 Å². The predicted molar refractivity (Wildman–Crippen MR) is 89.6 cm³/mol. The van der Waals surface area contributed by atoms with Gasteiger partial charge in [-0.1, -0.05) is 11.6 Å². The zero-order chi connectivity index (χ0) is 16.1. The first-order valence-electron chi connectivity index (χ1n) is 6.92. The van der Waals surface area contributed by atoms with Gasteiger partial charge in [-0.15, -0.1) is 11.3 Å². The lowest BCUT2D eigenvalue weighted by Crippen LogP contribution is -2.20. The standard InChI is InChI=1S/C14H18ClN5OS/c1-8(4-5-11-6-7-22-12(11)15)16-13-17-9(2)18-14(20-13)19-10(3)21/h6-8H,4-5H2,1-3H3,(H2,16,17,18,19,20,21). The number of hydrogen-bond acceptors (Lipinski definition) is 6. The second-order valence-electron chi connectivity index (χ2n) is 5.01. The Bertz CT molecular complexity index is 660. The predicted octanol–water partition coefficient (Wildman–Crippen LogP) is 3.29. The van der Waals surface area contributed by atoms with Gasteiger partial charge in [-0.2, -0.15) is 15.0 Å². The summed E-state index contributed by atoms with van der Waals surface area (Å²) in [5, 5.41) is 7.78. The van der Waals surface area contributed by atoms with E-state index in [-0.39, 0.29) is 17.9 Å². The van der Waals surface area contributed by atoms with Gasteiger partial charge < -0.3 is 5.32 Å². The maximum Gasteiger partial charge on any atom is 0.234 e. The third kappa shape index (κ3) is 4.92. The molecule has 0 radical (unpaired) electrons. The van der Waals surface area contributed by atoms with Crippen LogP contribution < -0.4 is 10.6 Å². The molecule has 8 heteroatoms. The van der Waals surface area contributed by atoms with Crippen LogP contribution in [0.1, 0.15) is 31.7 Å². The summed E-state index contributed by atoms with van der Waals surface area (Å²) >= 11 is 7.64. The topological polar surface area (TPSA) is 79.8 Å². The van der Waals surface area contributed by atoms with Crippen molar-refractivity contribution in [2.24, 2.45) is 0 Å². The first-order valence-corrected chi connectivity index (χ1v) is 8.18. The van der Waals surface area contributed by atoms with Crippen LogP contribution in [-0.4, -0.2) is 26.9 Å². The van der Waals surface area contributed by atoms with Crippen molar-refractivity contribution in [2.75, 3.05) is 10.6 Å². The Labute approximate surface area is 138 Å². The number of aryl methyl sites for hydroxylation is 2. The Morgan fingerprint density at radius 1 is 1.36 bits per heavy atom. The van der Waals surface area contributed by atoms with Crippen LogP contribution in [0.2, 0.25) is 4.34 Å². The SMILES string of the molecule is CC(=O)Nc1nc(C)nc(NC(C)CCc2ccsc2Cl)n1. The van der Waals surface area contributed by atoms with Crippen LogP contribution in [0.3, 0.4) is 0 Å². The van der Waals surface area contributed by atoms with Crippen LogP contribution in [0.5, 0.6) is 0 Å². The quantitative estimate of drug-likeness (QED) is 0.844. The van der Waals surface area contributed by atoms with E-state index < -0.39 is 0 Å². The molecule has 0 bridgehead atoms. The number of thiophene rings is 1. The fourth-order valence-corrected chi connectivity index (χ4v) is 2.91. The van der Waals surface area contributed by atoms with Gasteiger partial charge >= 0.3 is 0 Å². The molecule has 0 saturated heterocycles. The molecule has 0 aliphatic rings. The van der Waals surface area contributed by atoms with Gasteiger partial charge in [0, 0.05) is 13.0 Å². The minimum atomic E-state index is -0.211. The number of amides is 1. The Morgan fingerprint density at radius 3 is 2.73 bits per heavy atom. The molecule has 2 aromatic rings. The fraction of sp³-hybridized carbons (Fsp3) is 0.429. The van der Waals surface area contributed by atoms with Crippen LogP contribution in [0.15, 0.2) is 11.4 Å². The summed E-state index contributed by atoms with van der Waals surface area (Å²) in [7, 11) is 0. The van der Waals surface area contributed by atoms with E-state index in [2.05, 4.69) is 32.5 Å². The van der Waals surface area contributed by atoms with Crippen LogP contribution in [0.4, 0.5) is 11.9 Å². The molecule has 0 aliphatic carbocycles. The Hall–Kier alpha value is -1.73. The summed E-state index contributed by atoms with van der Waals surface area (Å²) in [6, 6.07) is 2.21. The zero-order valence-electron chi connectivity index (χ0n) is 12.7. The molecule has 0 spiro atoms. The van der Waals surface area contributed by atoms with Gasteiger partial charge in [0.25, 0.3) is 0 Å². The van der Waals surface area contributed by atoms with Gasteiger partial charge in [0.1, 0.15) is 5.82 Å². The van der Waals surface area contributed by atoms with Crippen LogP contribution >= 0.6 is 22.9 Å². The number of carbonyl (C=O) groups excluding carboxylic acids is 1. The monoisotopic (exact) mass is 339 g/mol. The van der Waals surface area contributed by atoms with Crippen molar-refractivity contribution in [1.82, 2.24) is 15.0 Å². The molecular formula is C14H18ClN5OS. The smallest absolute Gasteiger partial charge is 0.234 e. The third-order valence-corrected chi connectivity index (χ3v) is 4.20. The first-order chi connectivity index (χ1) is 10.4. The second kappa shape index (κ2) is 7.51. The second-order valence-corrected chi connectivity index (χ2v) is 6.53. The van der Waals surface area contributed by atoms with Crippen LogP contribution in [0, 0.1) is 6.92 Å². The van der Waals surface area contributed by atoms with Gasteiger partial charge in [0.05, 0.1) is 4.34 Å². The molecule has 6 nitrogen and oxygen atoms in total. The lowest BCUT2D eigenvalue weighted by molar-refractivity contribution is -0.114. The highest BCUT2D eigenvalue weighted by atomic mass is 35.5. The average molecular weight is 340 g/mol. The Kier molecular flexibility index (Phi) is 5.68. The fourth-order valence-electron chi connectivity index (χ4n) is 1.92. The van der Waals surface area contributed by atoms with Gasteiger partial charge in [0.2, 0.25) is 17.8 Å². The van der Waals surface area contributed by atoms with Crippen molar-refractivity contribution < 1.29 is 4.79 Å². The van der Waals surface area contributed by atoms with E-state index in [1.165, 1.54) is 6.92 Å². The van der Waals surface area contributed by atoms with Gasteiger partial charge in [-0.3, -0.25) is 10.1 Å². The number of rotatable bonds is 6. The summed E-state index contributed by atoms with van der Waals surface area (Å²) in [5.74, 6) is 1.06. The number of carbonyl (C=O) groups is 1. The highest BCUT2D eigenvalue weighted by Crippen LogP contribution is 2.24. The number of anilines is 2. The third-order valence-electron chi connectivity index (χ3n) is 2.95. The molecule has 2 rings (SSSR count). The molecular weight excluding hydrogens is 322 g/mol. The van der Waals surface area contributed by atoms with E-state index in [1.807, 2.05) is 11.4 Å². The molecule has 2 N–H and O–H groups in total. The molecule has 0 saturated carbocycles. The molecule has 1 amide bonds. The lowest BCUT2D eigenvalue weighted by atomic mass is 10.1. The molecule has 0 aromatic carbocycles. The molecule has 1 unspecified atom stereocenters. The number of nitrogens with one attached hydrogen (secondary N) is 2. The molecule has 0 aliphatic heterocycles. The number of halogens is 1. The van der Waals surface area contributed by atoms with E-state index in [0.29, 0.717) is 11.8 Å². The molecule has 1 atom stereocenters. The largest absolute Gasteiger partial charge is 0.352 e. The number of nitrogens with zero attached hydrogens (tertiary/aromatic N) is 3. The van der Waals surface area contributed by atoms with Crippen molar-refractivity contribution in [1.29, 1.82) is 0 Å². The highest BCUT2D eigenvalue weighted by Gasteiger charge is 2.10. The summed E-state index contributed by atoms with van der Waals surface area (Å²) in [6.45, 7) is 5.23. The summed E-state index contributed by atoms with van der Waals surface area (Å²) in [4.78, 5) is 23.6. The maximum atomic E-state index is 11.1. The van der Waals surface area contributed by atoms with E-state index in [1.54, 1.807) is 18.3 Å². The van der Waals surface area contributed by atoms with E-state index in [0.717, 1.165) is 22.7 Å².